The van der Waals surface area contributed by atoms with Crippen LogP contribution in [0.5, 0.6) is 0 Å². The molecule has 0 spiro atoms. The van der Waals surface area contributed by atoms with E-state index in [-0.39, 0.29) is 11.5 Å². The Labute approximate surface area is 157 Å². The zero-order chi connectivity index (χ0) is 20.0. The number of nitrogens with zero attached hydrogens (tertiary/aromatic N) is 3. The largest absolute Gasteiger partial charge is 0.451 e. The Balaban J connectivity index is 2.07. The number of aryl methyl sites for hydroxylation is 1. The highest BCUT2D eigenvalue weighted by atomic mass is 16.5. The number of carbonyl (C=O) groups excluding carboxylic acids is 3. The number of rotatable bonds is 7. The summed E-state index contributed by atoms with van der Waals surface area (Å²) in [6.07, 6.45) is 2.38. The van der Waals surface area contributed by atoms with Gasteiger partial charge in [-0.15, -0.1) is 0 Å². The average molecular weight is 373 g/mol. The summed E-state index contributed by atoms with van der Waals surface area (Å²) in [6, 6.07) is 3.68. The second kappa shape index (κ2) is 9.14. The van der Waals surface area contributed by atoms with Crippen LogP contribution in [0.15, 0.2) is 11.6 Å². The van der Waals surface area contributed by atoms with Crippen LogP contribution in [0.4, 0.5) is 0 Å². The lowest BCUT2D eigenvalue weighted by atomic mass is 10.1. The molecule has 1 fully saturated rings. The van der Waals surface area contributed by atoms with Crippen LogP contribution in [-0.2, 0) is 30.4 Å². The van der Waals surface area contributed by atoms with Gasteiger partial charge in [-0.1, -0.05) is 0 Å². The van der Waals surface area contributed by atoms with Gasteiger partial charge in [-0.05, 0) is 38.0 Å². The van der Waals surface area contributed by atoms with Crippen LogP contribution in [0.3, 0.4) is 0 Å². The Morgan fingerprint density at radius 2 is 2.11 bits per heavy atom. The van der Waals surface area contributed by atoms with Crippen molar-refractivity contribution >= 4 is 23.9 Å². The van der Waals surface area contributed by atoms with E-state index < -0.39 is 18.5 Å². The number of aromatic nitrogens is 1. The number of carbonyl (C=O) groups is 3. The third-order valence-corrected chi connectivity index (χ3v) is 4.47. The Morgan fingerprint density at radius 3 is 2.70 bits per heavy atom. The molecule has 0 aliphatic carbocycles. The van der Waals surface area contributed by atoms with E-state index in [1.54, 1.807) is 7.11 Å². The minimum atomic E-state index is -0.890. The fraction of sp³-hybridized carbons (Fsp3) is 0.474. The molecule has 27 heavy (non-hydrogen) atoms. The highest BCUT2D eigenvalue weighted by Gasteiger charge is 2.27. The topological polar surface area (TPSA) is 102 Å². The van der Waals surface area contributed by atoms with Crippen molar-refractivity contribution in [3.05, 3.63) is 28.6 Å². The fourth-order valence-corrected chi connectivity index (χ4v) is 2.99. The number of methoxy groups -OCH3 is 1. The van der Waals surface area contributed by atoms with Gasteiger partial charge in [-0.2, -0.15) is 5.26 Å². The summed E-state index contributed by atoms with van der Waals surface area (Å²) in [5.74, 6) is -1.73. The zero-order valence-electron chi connectivity index (χ0n) is 15.8. The Bertz CT molecular complexity index is 816. The molecule has 0 aromatic carbocycles. The second-order valence-electron chi connectivity index (χ2n) is 6.26. The molecular formula is C19H23N3O5. The normalized spacial score (nSPS) is 14.4. The van der Waals surface area contributed by atoms with Crippen molar-refractivity contribution in [3.8, 4) is 6.07 Å². The number of amides is 2. The molecule has 2 amide bonds. The van der Waals surface area contributed by atoms with Crippen LogP contribution >= 0.6 is 0 Å². The summed E-state index contributed by atoms with van der Waals surface area (Å²) in [6.45, 7) is 4.80. The third kappa shape index (κ3) is 4.83. The molecule has 0 saturated carbocycles. The van der Waals surface area contributed by atoms with Crippen molar-refractivity contribution in [3.63, 3.8) is 0 Å². The predicted octanol–water partition coefficient (Wildman–Crippen LogP) is 1.35. The number of esters is 1. The first-order chi connectivity index (χ1) is 12.9. The maximum absolute atomic E-state index is 12.2. The first-order valence-electron chi connectivity index (χ1n) is 8.66. The van der Waals surface area contributed by atoms with Gasteiger partial charge in [0.05, 0.1) is 6.61 Å². The van der Waals surface area contributed by atoms with Gasteiger partial charge >= 0.3 is 5.97 Å². The molecule has 0 N–H and O–H groups in total. The van der Waals surface area contributed by atoms with Crippen LogP contribution in [0, 0.1) is 25.2 Å². The van der Waals surface area contributed by atoms with E-state index in [1.165, 1.54) is 6.08 Å². The number of ether oxygens (including phenoxy) is 2. The minimum Gasteiger partial charge on any atom is -0.451 e. The van der Waals surface area contributed by atoms with Gasteiger partial charge in [-0.25, -0.2) is 4.79 Å². The maximum atomic E-state index is 12.2. The van der Waals surface area contributed by atoms with E-state index in [9.17, 15) is 19.6 Å². The minimum absolute atomic E-state index is 0.206. The highest BCUT2D eigenvalue weighted by Crippen LogP contribution is 2.19. The number of likely N-dealkylation sites (tertiary alicyclic amines) is 1. The van der Waals surface area contributed by atoms with Gasteiger partial charge < -0.3 is 14.0 Å². The van der Waals surface area contributed by atoms with Crippen LogP contribution in [0.25, 0.3) is 6.08 Å². The van der Waals surface area contributed by atoms with Crippen LogP contribution in [0.1, 0.15) is 29.8 Å². The van der Waals surface area contributed by atoms with Crippen molar-refractivity contribution < 1.29 is 23.9 Å². The van der Waals surface area contributed by atoms with Crippen LogP contribution < -0.4 is 0 Å². The van der Waals surface area contributed by atoms with Gasteiger partial charge in [0.1, 0.15) is 11.6 Å². The molecule has 1 aromatic heterocycles. The monoisotopic (exact) mass is 373 g/mol. The molecule has 0 atom stereocenters. The van der Waals surface area contributed by atoms with Crippen molar-refractivity contribution in [1.29, 1.82) is 5.26 Å². The molecule has 2 rings (SSSR count). The lowest BCUT2D eigenvalue weighted by Gasteiger charge is -2.13. The fourth-order valence-electron chi connectivity index (χ4n) is 2.99. The summed E-state index contributed by atoms with van der Waals surface area (Å²) < 4.78 is 12.0. The summed E-state index contributed by atoms with van der Waals surface area (Å²) in [4.78, 5) is 36.7. The Hall–Kier alpha value is -2.92. The first kappa shape index (κ1) is 20.4. The van der Waals surface area contributed by atoms with Gasteiger partial charge in [0.2, 0.25) is 5.91 Å². The molecule has 1 aliphatic heterocycles. The molecule has 0 bridgehead atoms. The summed E-state index contributed by atoms with van der Waals surface area (Å²) in [5.41, 5.74) is 2.38. The molecule has 0 unspecified atom stereocenters. The third-order valence-electron chi connectivity index (χ3n) is 4.47. The van der Waals surface area contributed by atoms with E-state index in [0.717, 1.165) is 21.9 Å². The van der Waals surface area contributed by atoms with Crippen molar-refractivity contribution in [2.45, 2.75) is 33.2 Å². The van der Waals surface area contributed by atoms with E-state index in [4.69, 9.17) is 9.47 Å². The second-order valence-corrected chi connectivity index (χ2v) is 6.26. The first-order valence-corrected chi connectivity index (χ1v) is 8.66. The van der Waals surface area contributed by atoms with Gasteiger partial charge in [0.15, 0.2) is 6.61 Å². The van der Waals surface area contributed by atoms with E-state index in [0.29, 0.717) is 32.5 Å². The molecule has 8 nitrogen and oxygen atoms in total. The van der Waals surface area contributed by atoms with Crippen molar-refractivity contribution in [2.75, 3.05) is 26.9 Å². The van der Waals surface area contributed by atoms with Crippen LogP contribution in [-0.4, -0.2) is 54.1 Å². The zero-order valence-corrected chi connectivity index (χ0v) is 15.8. The van der Waals surface area contributed by atoms with Crippen LogP contribution in [0.2, 0.25) is 0 Å². The van der Waals surface area contributed by atoms with Gasteiger partial charge in [0.25, 0.3) is 5.91 Å². The Morgan fingerprint density at radius 1 is 1.37 bits per heavy atom. The predicted molar refractivity (Wildman–Crippen MR) is 96.3 cm³/mol. The SMILES string of the molecule is COCCn1c(C)cc(/C=C(\C#N)C(=O)OCC(=O)N2CCCC2=O)c1C. The molecule has 1 aromatic rings. The van der Waals surface area contributed by atoms with Crippen molar-refractivity contribution in [1.82, 2.24) is 9.47 Å². The lowest BCUT2D eigenvalue weighted by Crippen LogP contribution is -2.35. The molecular weight excluding hydrogens is 350 g/mol. The van der Waals surface area contributed by atoms with E-state index in [2.05, 4.69) is 0 Å². The lowest BCUT2D eigenvalue weighted by molar-refractivity contribution is -0.152. The molecule has 8 heteroatoms. The van der Waals surface area contributed by atoms with Gasteiger partial charge in [0, 0.05) is 38.0 Å². The number of hydrogen-bond acceptors (Lipinski definition) is 6. The standard InChI is InChI=1S/C19H23N3O5/c1-13-9-15(14(2)21(13)7-8-26-3)10-16(11-20)19(25)27-12-18(24)22-6-4-5-17(22)23/h9-10H,4-8,12H2,1-3H3/b16-10+. The highest BCUT2D eigenvalue weighted by molar-refractivity contribution is 6.01. The smallest absolute Gasteiger partial charge is 0.349 e. The number of nitriles is 1. The average Bonchev–Trinajstić information content (AvgIpc) is 3.19. The number of hydrogen-bond donors (Lipinski definition) is 0. The Kier molecular flexibility index (Phi) is 6.91. The molecule has 1 aliphatic rings. The van der Waals surface area contributed by atoms with E-state index >= 15 is 0 Å². The molecule has 144 valence electrons. The van der Waals surface area contributed by atoms with E-state index in [1.807, 2.05) is 30.6 Å². The molecule has 2 heterocycles. The van der Waals surface area contributed by atoms with Crippen molar-refractivity contribution in [2.24, 2.45) is 0 Å². The quantitative estimate of drug-likeness (QED) is 0.406. The molecule has 1 saturated heterocycles. The summed E-state index contributed by atoms with van der Waals surface area (Å²) >= 11 is 0. The summed E-state index contributed by atoms with van der Waals surface area (Å²) in [7, 11) is 1.62. The maximum Gasteiger partial charge on any atom is 0.349 e. The van der Waals surface area contributed by atoms with Gasteiger partial charge in [-0.3, -0.25) is 14.5 Å². The summed E-state index contributed by atoms with van der Waals surface area (Å²) in [5, 5.41) is 9.29. The molecule has 0 radical (unpaired) electrons. The number of imide groups is 1.